The number of hydrogen-bond donors (Lipinski definition) is 0. The predicted molar refractivity (Wildman–Crippen MR) is 109 cm³/mol. The number of hydrogen-bond acceptors (Lipinski definition) is 3. The highest BCUT2D eigenvalue weighted by molar-refractivity contribution is 6.36. The molecule has 0 aromatic heterocycles. The minimum absolute atomic E-state index is 0.210. The second-order valence-corrected chi connectivity index (χ2v) is 7.50. The molecule has 0 unspecified atom stereocenters. The van der Waals surface area contributed by atoms with Gasteiger partial charge in [0.25, 0.3) is 11.8 Å². The van der Waals surface area contributed by atoms with Crippen molar-refractivity contribution < 1.29 is 14.3 Å². The molecule has 0 spiro atoms. The summed E-state index contributed by atoms with van der Waals surface area (Å²) < 4.78 is 6.29. The smallest absolute Gasteiger partial charge is 0.265 e. The van der Waals surface area contributed by atoms with Crippen LogP contribution >= 0.6 is 0 Å². The topological polar surface area (TPSA) is 46.6 Å². The number of para-hydroxylation sites is 1. The summed E-state index contributed by atoms with van der Waals surface area (Å²) in [5.41, 5.74) is 1.68. The first kappa shape index (κ1) is 17.0. The van der Waals surface area contributed by atoms with Crippen LogP contribution in [0.3, 0.4) is 0 Å². The third-order valence-corrected chi connectivity index (χ3v) is 5.73. The van der Waals surface area contributed by atoms with Crippen molar-refractivity contribution in [1.29, 1.82) is 0 Å². The van der Waals surface area contributed by atoms with E-state index >= 15 is 0 Å². The van der Waals surface area contributed by atoms with Crippen molar-refractivity contribution in [1.82, 2.24) is 0 Å². The lowest BCUT2D eigenvalue weighted by Gasteiger charge is -2.29. The van der Waals surface area contributed by atoms with Crippen LogP contribution in [0.2, 0.25) is 0 Å². The lowest BCUT2D eigenvalue weighted by Crippen LogP contribution is -2.40. The third kappa shape index (κ3) is 2.68. The summed E-state index contributed by atoms with van der Waals surface area (Å²) in [6.07, 6.45) is 5.97. The van der Waals surface area contributed by atoms with Crippen LogP contribution in [0.1, 0.15) is 52.8 Å². The zero-order valence-corrected chi connectivity index (χ0v) is 15.6. The van der Waals surface area contributed by atoms with Crippen LogP contribution in [0, 0.1) is 0 Å². The highest BCUT2D eigenvalue weighted by Gasteiger charge is 2.34. The van der Waals surface area contributed by atoms with Crippen LogP contribution in [-0.2, 0) is 0 Å². The summed E-state index contributed by atoms with van der Waals surface area (Å²) in [7, 11) is 0. The van der Waals surface area contributed by atoms with Gasteiger partial charge in [0.15, 0.2) is 0 Å². The Morgan fingerprint density at radius 1 is 0.750 bits per heavy atom. The van der Waals surface area contributed by atoms with E-state index in [0.717, 1.165) is 24.0 Å². The fourth-order valence-electron chi connectivity index (χ4n) is 4.35. The van der Waals surface area contributed by atoms with Crippen molar-refractivity contribution in [2.24, 2.45) is 0 Å². The molecule has 4 nitrogen and oxygen atoms in total. The summed E-state index contributed by atoms with van der Waals surface area (Å²) in [6, 6.07) is 18.4. The Morgan fingerprint density at radius 2 is 1.46 bits per heavy atom. The van der Waals surface area contributed by atoms with Gasteiger partial charge in [0.1, 0.15) is 5.75 Å². The number of imide groups is 1. The number of anilines is 1. The zero-order chi connectivity index (χ0) is 19.1. The normalized spacial score (nSPS) is 17.2. The van der Waals surface area contributed by atoms with Crippen LogP contribution in [-0.4, -0.2) is 17.9 Å². The quantitative estimate of drug-likeness (QED) is 0.583. The van der Waals surface area contributed by atoms with E-state index in [4.69, 9.17) is 4.74 Å². The van der Waals surface area contributed by atoms with Gasteiger partial charge in [-0.15, -0.1) is 0 Å². The molecule has 1 aliphatic carbocycles. The Kier molecular flexibility index (Phi) is 4.12. The highest BCUT2D eigenvalue weighted by Crippen LogP contribution is 2.38. The van der Waals surface area contributed by atoms with Gasteiger partial charge in [0.2, 0.25) is 0 Å². The Balaban J connectivity index is 1.61. The summed E-state index contributed by atoms with van der Waals surface area (Å²) in [6.45, 7) is 0. The molecule has 1 fully saturated rings. The average Bonchev–Trinajstić information content (AvgIpc) is 2.74. The molecule has 0 atom stereocenters. The number of benzene rings is 3. The molecule has 5 rings (SSSR count). The minimum atomic E-state index is -0.288. The highest BCUT2D eigenvalue weighted by atomic mass is 16.5. The molecule has 0 saturated heterocycles. The van der Waals surface area contributed by atoms with Gasteiger partial charge in [-0.25, -0.2) is 4.90 Å². The molecule has 3 aromatic rings. The minimum Gasteiger partial charge on any atom is -0.490 e. The van der Waals surface area contributed by atoms with Crippen molar-refractivity contribution in [2.75, 3.05) is 4.90 Å². The monoisotopic (exact) mass is 371 g/mol. The van der Waals surface area contributed by atoms with Crippen molar-refractivity contribution >= 4 is 28.3 Å². The maximum atomic E-state index is 13.2. The summed E-state index contributed by atoms with van der Waals surface area (Å²) in [4.78, 5) is 27.6. The maximum absolute atomic E-state index is 13.2. The SMILES string of the molecule is O=C1c2cccc3c(OC4CCCCC4)ccc(c23)C(=O)N1c1ccccc1. The summed E-state index contributed by atoms with van der Waals surface area (Å²) >= 11 is 0. The van der Waals surface area contributed by atoms with E-state index in [9.17, 15) is 9.59 Å². The lowest BCUT2D eigenvalue weighted by atomic mass is 9.92. The molecule has 3 aromatic carbocycles. The number of nitrogens with zero attached hydrogens (tertiary/aromatic N) is 1. The fraction of sp³-hybridized carbons (Fsp3) is 0.250. The Morgan fingerprint density at radius 3 is 2.21 bits per heavy atom. The van der Waals surface area contributed by atoms with Crippen molar-refractivity contribution in [2.45, 2.75) is 38.2 Å². The predicted octanol–water partition coefficient (Wildman–Crippen LogP) is 5.35. The van der Waals surface area contributed by atoms with Crippen LogP contribution in [0.5, 0.6) is 5.75 Å². The molecule has 28 heavy (non-hydrogen) atoms. The Labute approximate surface area is 163 Å². The van der Waals surface area contributed by atoms with E-state index in [0.29, 0.717) is 22.2 Å². The van der Waals surface area contributed by atoms with Crippen LogP contribution in [0.4, 0.5) is 5.69 Å². The van der Waals surface area contributed by atoms with Gasteiger partial charge >= 0.3 is 0 Å². The van der Waals surface area contributed by atoms with Crippen LogP contribution in [0.25, 0.3) is 10.8 Å². The van der Waals surface area contributed by atoms with Crippen molar-refractivity contribution in [3.05, 3.63) is 71.8 Å². The van der Waals surface area contributed by atoms with E-state index < -0.39 is 0 Å². The molecule has 2 amide bonds. The van der Waals surface area contributed by atoms with Crippen LogP contribution < -0.4 is 9.64 Å². The van der Waals surface area contributed by atoms with E-state index in [1.165, 1.54) is 24.2 Å². The maximum Gasteiger partial charge on any atom is 0.265 e. The number of amides is 2. The fourth-order valence-corrected chi connectivity index (χ4v) is 4.35. The summed E-state index contributed by atoms with van der Waals surface area (Å²) in [5, 5.41) is 1.55. The van der Waals surface area contributed by atoms with Gasteiger partial charge < -0.3 is 4.74 Å². The molecular weight excluding hydrogens is 350 g/mol. The largest absolute Gasteiger partial charge is 0.490 e. The molecule has 140 valence electrons. The van der Waals surface area contributed by atoms with E-state index in [2.05, 4.69) is 0 Å². The molecular formula is C24H21NO3. The van der Waals surface area contributed by atoms with Crippen molar-refractivity contribution in [3.8, 4) is 5.75 Å². The van der Waals surface area contributed by atoms with E-state index in [1.54, 1.807) is 24.3 Å². The first-order valence-electron chi connectivity index (χ1n) is 9.90. The van der Waals surface area contributed by atoms with Gasteiger partial charge in [-0.1, -0.05) is 36.8 Å². The van der Waals surface area contributed by atoms with Gasteiger partial charge in [0.05, 0.1) is 11.8 Å². The Hall–Kier alpha value is -3.14. The van der Waals surface area contributed by atoms with Gasteiger partial charge in [0, 0.05) is 21.9 Å². The van der Waals surface area contributed by atoms with Crippen molar-refractivity contribution in [3.63, 3.8) is 0 Å². The van der Waals surface area contributed by atoms with Gasteiger partial charge in [-0.3, -0.25) is 9.59 Å². The average molecular weight is 371 g/mol. The first-order chi connectivity index (χ1) is 13.7. The number of ether oxygens (including phenoxy) is 1. The molecule has 1 saturated carbocycles. The van der Waals surface area contributed by atoms with Gasteiger partial charge in [-0.05, 0) is 56.0 Å². The lowest BCUT2D eigenvalue weighted by molar-refractivity contribution is 0.0893. The third-order valence-electron chi connectivity index (χ3n) is 5.73. The number of rotatable bonds is 3. The standard InChI is InChI=1S/C24H21NO3/c26-23-19-13-7-12-18-21(28-17-10-5-2-6-11-17)15-14-20(22(18)19)24(27)25(23)16-8-3-1-4-9-16/h1,3-4,7-9,12-15,17H,2,5-6,10-11H2. The first-order valence-corrected chi connectivity index (χ1v) is 9.90. The summed E-state index contributed by atoms with van der Waals surface area (Å²) in [5.74, 6) is 0.189. The second kappa shape index (κ2) is 6.79. The molecule has 0 bridgehead atoms. The number of carbonyl (C=O) groups is 2. The Bertz CT molecular complexity index is 1050. The zero-order valence-electron chi connectivity index (χ0n) is 15.6. The van der Waals surface area contributed by atoms with E-state index in [1.807, 2.05) is 36.4 Å². The van der Waals surface area contributed by atoms with Gasteiger partial charge in [-0.2, -0.15) is 0 Å². The molecule has 1 aliphatic heterocycles. The number of carbonyl (C=O) groups excluding carboxylic acids is 2. The van der Waals surface area contributed by atoms with Crippen LogP contribution in [0.15, 0.2) is 60.7 Å². The molecule has 1 heterocycles. The molecule has 0 radical (unpaired) electrons. The molecule has 2 aliphatic rings. The second-order valence-electron chi connectivity index (χ2n) is 7.50. The molecule has 4 heteroatoms. The molecule has 0 N–H and O–H groups in total. The van der Waals surface area contributed by atoms with E-state index in [-0.39, 0.29) is 17.9 Å².